The molecule has 0 radical (unpaired) electrons. The fraction of sp³-hybridized carbons (Fsp3) is 0.308. The summed E-state index contributed by atoms with van der Waals surface area (Å²) in [6, 6.07) is 6.99. The summed E-state index contributed by atoms with van der Waals surface area (Å²) in [4.78, 5) is 0. The van der Waals surface area contributed by atoms with Crippen LogP contribution < -0.4 is 10.0 Å². The summed E-state index contributed by atoms with van der Waals surface area (Å²) in [6.45, 7) is 3.35. The maximum Gasteiger partial charge on any atom is 0.258 e. The number of hydrogen-bond donors (Lipinski definition) is 3. The van der Waals surface area contributed by atoms with E-state index >= 15 is 0 Å². The van der Waals surface area contributed by atoms with E-state index in [0.717, 1.165) is 12.1 Å². The number of aromatic nitrogens is 2. The second-order valence-electron chi connectivity index (χ2n) is 4.46. The number of rotatable bonds is 7. The number of aromatic amines is 1. The Balaban J connectivity index is 2.08. The lowest BCUT2D eigenvalue weighted by molar-refractivity contribution is 0.574. The number of H-pyrrole nitrogens is 1. The van der Waals surface area contributed by atoms with E-state index in [2.05, 4.69) is 20.2 Å². The minimum atomic E-state index is -3.63. The van der Waals surface area contributed by atoms with Gasteiger partial charge in [0.25, 0.3) is 10.0 Å². The molecule has 1 aromatic heterocycles. The van der Waals surface area contributed by atoms with Crippen molar-refractivity contribution in [1.29, 1.82) is 0 Å². The SMILES string of the molecule is CCNCc1cn[nH]c1S(=O)(=O)NCc1ccc(Cl)cc1. The lowest BCUT2D eigenvalue weighted by atomic mass is 10.2. The molecule has 0 atom stereocenters. The van der Waals surface area contributed by atoms with Crippen LogP contribution in [0.3, 0.4) is 0 Å². The minimum Gasteiger partial charge on any atom is -0.313 e. The van der Waals surface area contributed by atoms with E-state index in [1.165, 1.54) is 6.20 Å². The maximum absolute atomic E-state index is 12.3. The molecular formula is C13H17ClN4O2S. The topological polar surface area (TPSA) is 86.9 Å². The summed E-state index contributed by atoms with van der Waals surface area (Å²) in [5.74, 6) is 0. The standard InChI is InChI=1S/C13H17ClN4O2S/c1-2-15-8-11-9-16-18-13(11)21(19,20)17-7-10-3-5-12(14)6-4-10/h3-6,9,15,17H,2,7-8H2,1H3,(H,16,18). The van der Waals surface area contributed by atoms with Crippen molar-refractivity contribution in [1.82, 2.24) is 20.2 Å². The molecule has 0 aliphatic heterocycles. The molecule has 21 heavy (non-hydrogen) atoms. The van der Waals surface area contributed by atoms with Gasteiger partial charge in [-0.1, -0.05) is 30.7 Å². The summed E-state index contributed by atoms with van der Waals surface area (Å²) >= 11 is 5.79. The van der Waals surface area contributed by atoms with Crippen molar-refractivity contribution in [3.63, 3.8) is 0 Å². The Morgan fingerprint density at radius 3 is 2.62 bits per heavy atom. The highest BCUT2D eigenvalue weighted by molar-refractivity contribution is 7.89. The van der Waals surface area contributed by atoms with Crippen molar-refractivity contribution in [2.24, 2.45) is 0 Å². The Bertz CT molecular complexity index is 682. The van der Waals surface area contributed by atoms with E-state index in [0.29, 0.717) is 17.1 Å². The Labute approximate surface area is 129 Å². The number of benzene rings is 1. The van der Waals surface area contributed by atoms with Crippen LogP contribution in [0.5, 0.6) is 0 Å². The summed E-state index contributed by atoms with van der Waals surface area (Å²) in [6.07, 6.45) is 1.51. The first-order chi connectivity index (χ1) is 10.0. The fourth-order valence-corrected chi connectivity index (χ4v) is 3.04. The average Bonchev–Trinajstić information content (AvgIpc) is 2.94. The van der Waals surface area contributed by atoms with E-state index < -0.39 is 10.0 Å². The monoisotopic (exact) mass is 328 g/mol. The number of sulfonamides is 1. The highest BCUT2D eigenvalue weighted by Crippen LogP contribution is 2.13. The molecule has 0 saturated carbocycles. The van der Waals surface area contributed by atoms with Crippen LogP contribution in [0.1, 0.15) is 18.1 Å². The maximum atomic E-state index is 12.3. The van der Waals surface area contributed by atoms with Gasteiger partial charge in [-0.05, 0) is 24.2 Å². The van der Waals surface area contributed by atoms with Crippen molar-refractivity contribution in [2.75, 3.05) is 6.54 Å². The smallest absolute Gasteiger partial charge is 0.258 e. The molecule has 0 saturated heterocycles. The van der Waals surface area contributed by atoms with Gasteiger partial charge in [0.15, 0.2) is 5.03 Å². The molecule has 1 heterocycles. The number of nitrogens with zero attached hydrogens (tertiary/aromatic N) is 1. The Hall–Kier alpha value is -1.41. The highest BCUT2D eigenvalue weighted by Gasteiger charge is 2.20. The predicted octanol–water partition coefficient (Wildman–Crippen LogP) is 1.65. The van der Waals surface area contributed by atoms with E-state index in [1.54, 1.807) is 24.3 Å². The summed E-state index contributed by atoms with van der Waals surface area (Å²) < 4.78 is 27.1. The molecule has 0 aliphatic carbocycles. The second-order valence-corrected chi connectivity index (χ2v) is 6.60. The molecule has 3 N–H and O–H groups in total. The first kappa shape index (κ1) is 16.0. The van der Waals surface area contributed by atoms with Gasteiger partial charge in [0, 0.05) is 23.7 Å². The van der Waals surface area contributed by atoms with Crippen molar-refractivity contribution in [3.8, 4) is 0 Å². The molecule has 0 bridgehead atoms. The van der Waals surface area contributed by atoms with Crippen molar-refractivity contribution < 1.29 is 8.42 Å². The predicted molar refractivity (Wildman–Crippen MR) is 81.4 cm³/mol. The molecule has 0 amide bonds. The first-order valence-corrected chi connectivity index (χ1v) is 8.36. The second kappa shape index (κ2) is 7.04. The van der Waals surface area contributed by atoms with Crippen LogP contribution in [0.25, 0.3) is 0 Å². The number of nitrogens with one attached hydrogen (secondary N) is 3. The van der Waals surface area contributed by atoms with Gasteiger partial charge in [-0.25, -0.2) is 13.1 Å². The summed E-state index contributed by atoms with van der Waals surface area (Å²) in [7, 11) is -3.63. The molecule has 0 aliphatic rings. The Morgan fingerprint density at radius 2 is 1.95 bits per heavy atom. The van der Waals surface area contributed by atoms with Gasteiger partial charge < -0.3 is 5.32 Å². The summed E-state index contributed by atoms with van der Waals surface area (Å²) in [5, 5.41) is 10.1. The van der Waals surface area contributed by atoms with Gasteiger partial charge in [0.05, 0.1) is 6.20 Å². The minimum absolute atomic E-state index is 0.0948. The molecular weight excluding hydrogens is 312 g/mol. The van der Waals surface area contributed by atoms with Crippen LogP contribution in [0.4, 0.5) is 0 Å². The van der Waals surface area contributed by atoms with Crippen LogP contribution in [-0.4, -0.2) is 25.2 Å². The zero-order valence-electron chi connectivity index (χ0n) is 11.6. The number of hydrogen-bond acceptors (Lipinski definition) is 4. The molecule has 0 unspecified atom stereocenters. The Kier molecular flexibility index (Phi) is 5.35. The van der Waals surface area contributed by atoms with E-state index in [1.807, 2.05) is 6.92 Å². The lowest BCUT2D eigenvalue weighted by Crippen LogP contribution is -2.25. The van der Waals surface area contributed by atoms with Gasteiger partial charge in [0.2, 0.25) is 0 Å². The molecule has 114 valence electrons. The summed E-state index contributed by atoms with van der Waals surface area (Å²) in [5.41, 5.74) is 1.44. The normalized spacial score (nSPS) is 11.7. The third-order valence-corrected chi connectivity index (χ3v) is 4.56. The van der Waals surface area contributed by atoms with Gasteiger partial charge in [-0.3, -0.25) is 5.10 Å². The van der Waals surface area contributed by atoms with Crippen LogP contribution in [0.2, 0.25) is 5.02 Å². The van der Waals surface area contributed by atoms with E-state index in [-0.39, 0.29) is 11.6 Å². The molecule has 2 rings (SSSR count). The molecule has 1 aromatic carbocycles. The molecule has 0 fully saturated rings. The van der Waals surface area contributed by atoms with E-state index in [4.69, 9.17) is 11.6 Å². The molecule has 0 spiro atoms. The van der Waals surface area contributed by atoms with Crippen LogP contribution in [-0.2, 0) is 23.1 Å². The lowest BCUT2D eigenvalue weighted by Gasteiger charge is -2.07. The quantitative estimate of drug-likeness (QED) is 0.721. The van der Waals surface area contributed by atoms with Crippen LogP contribution in [0, 0.1) is 0 Å². The third kappa shape index (κ3) is 4.28. The first-order valence-electron chi connectivity index (χ1n) is 6.50. The number of halogens is 1. The zero-order chi connectivity index (χ0) is 15.3. The zero-order valence-corrected chi connectivity index (χ0v) is 13.1. The van der Waals surface area contributed by atoms with Crippen molar-refractivity contribution >= 4 is 21.6 Å². The van der Waals surface area contributed by atoms with Crippen molar-refractivity contribution in [2.45, 2.75) is 25.0 Å². The average molecular weight is 329 g/mol. The van der Waals surface area contributed by atoms with Gasteiger partial charge in [0.1, 0.15) is 0 Å². The van der Waals surface area contributed by atoms with E-state index in [9.17, 15) is 8.42 Å². The molecule has 6 nitrogen and oxygen atoms in total. The van der Waals surface area contributed by atoms with Crippen LogP contribution >= 0.6 is 11.6 Å². The third-order valence-electron chi connectivity index (χ3n) is 2.89. The highest BCUT2D eigenvalue weighted by atomic mass is 35.5. The molecule has 2 aromatic rings. The van der Waals surface area contributed by atoms with Gasteiger partial charge in [-0.15, -0.1) is 0 Å². The molecule has 8 heteroatoms. The van der Waals surface area contributed by atoms with Gasteiger partial charge in [-0.2, -0.15) is 5.10 Å². The largest absolute Gasteiger partial charge is 0.313 e. The van der Waals surface area contributed by atoms with Crippen LogP contribution in [0.15, 0.2) is 35.5 Å². The Morgan fingerprint density at radius 1 is 1.24 bits per heavy atom. The van der Waals surface area contributed by atoms with Gasteiger partial charge >= 0.3 is 0 Å². The van der Waals surface area contributed by atoms with Crippen molar-refractivity contribution in [3.05, 3.63) is 46.6 Å². The fourth-order valence-electron chi connectivity index (χ4n) is 1.77.